The predicted octanol–water partition coefficient (Wildman–Crippen LogP) is 6.55. The molecule has 220 valence electrons. The fourth-order valence-electron chi connectivity index (χ4n) is 4.77. The number of nitrogens with one attached hydrogen (secondary N) is 1. The molecule has 0 spiro atoms. The molecule has 0 unspecified atom stereocenters. The third-order valence-corrected chi connectivity index (χ3v) is 6.82. The van der Waals surface area contributed by atoms with E-state index in [0.29, 0.717) is 44.0 Å². The summed E-state index contributed by atoms with van der Waals surface area (Å²) < 4.78 is 10.5. The largest absolute Gasteiger partial charge is 0.463 e. The second-order valence-electron chi connectivity index (χ2n) is 11.2. The number of hydrogen-bond acceptors (Lipinski definition) is 6. The number of esters is 1. The van der Waals surface area contributed by atoms with E-state index in [1.807, 2.05) is 82.3 Å². The van der Waals surface area contributed by atoms with E-state index in [1.165, 1.54) is 6.08 Å². The molecule has 0 bridgehead atoms. The summed E-state index contributed by atoms with van der Waals surface area (Å²) in [6.45, 7) is 12.1. The normalized spacial score (nSPS) is 13.6. The summed E-state index contributed by atoms with van der Waals surface area (Å²) in [6.07, 6.45) is 2.84. The number of amides is 2. The molecule has 3 aromatic rings. The zero-order chi connectivity index (χ0) is 30.3. The van der Waals surface area contributed by atoms with Crippen molar-refractivity contribution in [1.29, 1.82) is 0 Å². The molecule has 0 atom stereocenters. The van der Waals surface area contributed by atoms with Crippen LogP contribution in [0.15, 0.2) is 72.8 Å². The minimum atomic E-state index is -0.538. The molecule has 1 aliphatic rings. The first-order valence-corrected chi connectivity index (χ1v) is 14.2. The first kappa shape index (κ1) is 30.4. The predicted molar refractivity (Wildman–Crippen MR) is 167 cm³/mol. The second-order valence-corrected chi connectivity index (χ2v) is 11.2. The van der Waals surface area contributed by atoms with Gasteiger partial charge in [0.2, 0.25) is 0 Å². The van der Waals surface area contributed by atoms with Crippen LogP contribution in [0.3, 0.4) is 0 Å². The van der Waals surface area contributed by atoms with Gasteiger partial charge in [0.1, 0.15) is 5.60 Å². The van der Waals surface area contributed by atoms with Crippen molar-refractivity contribution in [2.24, 2.45) is 0 Å². The average Bonchev–Trinajstić information content (AvgIpc) is 2.96. The monoisotopic (exact) mass is 569 g/mol. The Hall–Kier alpha value is -4.59. The van der Waals surface area contributed by atoms with E-state index in [-0.39, 0.29) is 18.0 Å². The molecule has 2 amide bonds. The molecule has 8 heteroatoms. The van der Waals surface area contributed by atoms with Gasteiger partial charge in [-0.3, -0.25) is 4.79 Å². The number of hydrogen-bond donors (Lipinski definition) is 1. The van der Waals surface area contributed by atoms with E-state index < -0.39 is 5.60 Å². The van der Waals surface area contributed by atoms with Crippen LogP contribution >= 0.6 is 0 Å². The molecule has 0 saturated carbocycles. The molecule has 0 aromatic heterocycles. The van der Waals surface area contributed by atoms with Crippen molar-refractivity contribution in [3.8, 4) is 11.1 Å². The van der Waals surface area contributed by atoms with Crippen molar-refractivity contribution >= 4 is 35.4 Å². The van der Waals surface area contributed by atoms with Gasteiger partial charge in [0.05, 0.1) is 12.3 Å². The zero-order valence-electron chi connectivity index (χ0n) is 25.0. The van der Waals surface area contributed by atoms with Gasteiger partial charge < -0.3 is 24.6 Å². The van der Waals surface area contributed by atoms with Crippen LogP contribution in [0.5, 0.6) is 0 Å². The Morgan fingerprint density at radius 1 is 0.905 bits per heavy atom. The van der Waals surface area contributed by atoms with Crippen LogP contribution in [0.2, 0.25) is 0 Å². The quantitative estimate of drug-likeness (QED) is 0.257. The number of carbonyl (C=O) groups excluding carboxylic acids is 3. The van der Waals surface area contributed by atoms with Gasteiger partial charge in [-0.15, -0.1) is 0 Å². The molecule has 0 radical (unpaired) electrons. The number of ether oxygens (including phenoxy) is 2. The Labute approximate surface area is 247 Å². The molecule has 1 aliphatic heterocycles. The van der Waals surface area contributed by atoms with Crippen LogP contribution in [0.1, 0.15) is 49.2 Å². The molecule has 0 aliphatic carbocycles. The number of aryl methyl sites for hydroxylation is 1. The highest BCUT2D eigenvalue weighted by Gasteiger charge is 2.26. The maximum atomic E-state index is 13.2. The number of carbonyl (C=O) groups is 3. The van der Waals surface area contributed by atoms with Crippen molar-refractivity contribution in [2.75, 3.05) is 43.0 Å². The lowest BCUT2D eigenvalue weighted by atomic mass is 9.96. The summed E-state index contributed by atoms with van der Waals surface area (Å²) in [7, 11) is 0. The van der Waals surface area contributed by atoms with Gasteiger partial charge >= 0.3 is 12.1 Å². The summed E-state index contributed by atoms with van der Waals surface area (Å²) in [6, 6.07) is 21.1. The maximum Gasteiger partial charge on any atom is 0.410 e. The molecular formula is C34H39N3O5. The Bertz CT molecular complexity index is 1450. The molecular weight excluding hydrogens is 530 g/mol. The summed E-state index contributed by atoms with van der Waals surface area (Å²) >= 11 is 0. The first-order chi connectivity index (χ1) is 20.0. The number of piperazine rings is 1. The fraction of sp³-hybridized carbons (Fsp3) is 0.324. The molecule has 42 heavy (non-hydrogen) atoms. The van der Waals surface area contributed by atoms with Crippen molar-refractivity contribution in [2.45, 2.75) is 40.2 Å². The lowest BCUT2D eigenvalue weighted by molar-refractivity contribution is -0.137. The van der Waals surface area contributed by atoms with Crippen LogP contribution in [-0.2, 0) is 14.3 Å². The highest BCUT2D eigenvalue weighted by molar-refractivity contribution is 6.06. The Morgan fingerprint density at radius 2 is 1.60 bits per heavy atom. The molecule has 1 fully saturated rings. The summed E-state index contributed by atoms with van der Waals surface area (Å²) in [5, 5.41) is 3.13. The topological polar surface area (TPSA) is 88.2 Å². The third-order valence-electron chi connectivity index (χ3n) is 6.82. The summed E-state index contributed by atoms with van der Waals surface area (Å²) in [4.78, 5) is 41.4. The average molecular weight is 570 g/mol. The van der Waals surface area contributed by atoms with Crippen molar-refractivity contribution in [3.05, 3.63) is 89.5 Å². The van der Waals surface area contributed by atoms with Crippen LogP contribution in [0, 0.1) is 6.92 Å². The van der Waals surface area contributed by atoms with Gasteiger partial charge in [-0.25, -0.2) is 9.59 Å². The van der Waals surface area contributed by atoms with E-state index >= 15 is 0 Å². The SMILES string of the molecule is CCOC(=O)/C=C/c1ccc(-c2ccc(N3CCN(C(=O)OC(C)(C)C)CC3)cc2NC(=O)c2ccccc2)c(C)c1. The molecule has 1 heterocycles. The zero-order valence-corrected chi connectivity index (χ0v) is 25.0. The Balaban J connectivity index is 1.60. The van der Waals surface area contributed by atoms with Gasteiger partial charge in [-0.1, -0.05) is 42.5 Å². The van der Waals surface area contributed by atoms with E-state index in [0.717, 1.165) is 27.9 Å². The minimum absolute atomic E-state index is 0.199. The molecule has 3 aromatic carbocycles. The molecule has 1 N–H and O–H groups in total. The lowest BCUT2D eigenvalue weighted by Gasteiger charge is -2.37. The van der Waals surface area contributed by atoms with Crippen molar-refractivity contribution in [3.63, 3.8) is 0 Å². The van der Waals surface area contributed by atoms with Crippen molar-refractivity contribution in [1.82, 2.24) is 4.90 Å². The molecule has 4 rings (SSSR count). The smallest absolute Gasteiger partial charge is 0.410 e. The van der Waals surface area contributed by atoms with E-state index in [9.17, 15) is 14.4 Å². The number of benzene rings is 3. The van der Waals surface area contributed by atoms with Gasteiger partial charge in [-0.2, -0.15) is 0 Å². The van der Waals surface area contributed by atoms with Crippen LogP contribution in [0.4, 0.5) is 16.2 Å². The number of nitrogens with zero attached hydrogens (tertiary/aromatic N) is 2. The summed E-state index contributed by atoms with van der Waals surface area (Å²) in [5.41, 5.74) is 5.39. The standard InChI is InChI=1S/C34H39N3O5/c1-6-41-31(38)17-13-25-12-15-28(24(2)22-25)29-16-14-27(23-30(29)35-32(39)26-10-8-7-9-11-26)36-18-20-37(21-19-36)33(40)42-34(3,4)5/h7-17,22-23H,6,18-21H2,1-5H3,(H,35,39)/b17-13+. The van der Waals surface area contributed by atoms with Gasteiger partial charge in [0.25, 0.3) is 5.91 Å². The van der Waals surface area contributed by atoms with Gasteiger partial charge in [-0.05, 0) is 81.7 Å². The Morgan fingerprint density at radius 3 is 2.24 bits per heavy atom. The highest BCUT2D eigenvalue weighted by atomic mass is 16.6. The van der Waals surface area contributed by atoms with Gasteiger partial charge in [0, 0.05) is 49.1 Å². The number of anilines is 2. The lowest BCUT2D eigenvalue weighted by Crippen LogP contribution is -2.50. The van der Waals surface area contributed by atoms with E-state index in [2.05, 4.69) is 10.2 Å². The highest BCUT2D eigenvalue weighted by Crippen LogP contribution is 2.35. The fourth-order valence-corrected chi connectivity index (χ4v) is 4.77. The first-order valence-electron chi connectivity index (χ1n) is 14.2. The maximum absolute atomic E-state index is 13.2. The van der Waals surface area contributed by atoms with E-state index in [1.54, 1.807) is 30.0 Å². The van der Waals surface area contributed by atoms with Crippen molar-refractivity contribution < 1.29 is 23.9 Å². The molecule has 1 saturated heterocycles. The number of rotatable bonds is 7. The second kappa shape index (κ2) is 13.4. The minimum Gasteiger partial charge on any atom is -0.463 e. The Kier molecular flexibility index (Phi) is 9.68. The van der Waals surface area contributed by atoms with Crippen LogP contribution < -0.4 is 10.2 Å². The summed E-state index contributed by atoms with van der Waals surface area (Å²) in [5.74, 6) is -0.581. The van der Waals surface area contributed by atoms with Gasteiger partial charge in [0.15, 0.2) is 0 Å². The van der Waals surface area contributed by atoms with Crippen LogP contribution in [-0.4, -0.2) is 61.3 Å². The van der Waals surface area contributed by atoms with E-state index in [4.69, 9.17) is 9.47 Å². The van der Waals surface area contributed by atoms with Crippen LogP contribution in [0.25, 0.3) is 17.2 Å². The third kappa shape index (κ3) is 8.00. The molecule has 8 nitrogen and oxygen atoms in total.